The van der Waals surface area contributed by atoms with Crippen LogP contribution >= 0.6 is 0 Å². The molecule has 1 atom stereocenters. The van der Waals surface area contributed by atoms with E-state index in [1.165, 1.54) is 6.08 Å². The molecular weight excluding hydrogens is 354 g/mol. The molecule has 0 radical (unpaired) electrons. The third kappa shape index (κ3) is 10.3. The molecule has 3 N–H and O–H groups in total. The summed E-state index contributed by atoms with van der Waals surface area (Å²) >= 11 is 0. The van der Waals surface area contributed by atoms with E-state index in [1.807, 2.05) is 5.32 Å². The zero-order valence-electron chi connectivity index (χ0n) is 13.8. The van der Waals surface area contributed by atoms with E-state index in [4.69, 9.17) is 10.2 Å². The SMILES string of the molecule is C=CCS(=O)(=O)C1CC(=O)NC1=O.O=C(O)CCCCCCC(=O)O. The molecule has 0 aromatic carbocycles. The Balaban J connectivity index is 0.000000463. The van der Waals surface area contributed by atoms with Gasteiger partial charge in [-0.2, -0.15) is 0 Å². The smallest absolute Gasteiger partial charge is 0.303 e. The number of sulfone groups is 1. The van der Waals surface area contributed by atoms with E-state index in [9.17, 15) is 27.6 Å². The van der Waals surface area contributed by atoms with E-state index < -0.39 is 38.8 Å². The number of rotatable bonds is 10. The lowest BCUT2D eigenvalue weighted by Crippen LogP contribution is -2.31. The maximum atomic E-state index is 11.3. The minimum atomic E-state index is -3.54. The van der Waals surface area contributed by atoms with Gasteiger partial charge >= 0.3 is 11.9 Å². The number of unbranched alkanes of at least 4 members (excludes halogenated alkanes) is 3. The molecule has 0 aliphatic carbocycles. The summed E-state index contributed by atoms with van der Waals surface area (Å²) in [5.41, 5.74) is 0. The van der Waals surface area contributed by atoms with Gasteiger partial charge in [-0.05, 0) is 12.8 Å². The highest BCUT2D eigenvalue weighted by Gasteiger charge is 2.39. The minimum absolute atomic E-state index is 0.188. The third-order valence-corrected chi connectivity index (χ3v) is 5.19. The molecule has 0 aromatic rings. The first-order valence-corrected chi connectivity index (χ1v) is 9.41. The molecule has 1 aliphatic heterocycles. The van der Waals surface area contributed by atoms with Crippen molar-refractivity contribution in [3.05, 3.63) is 12.7 Å². The average molecular weight is 377 g/mol. The highest BCUT2D eigenvalue weighted by Crippen LogP contribution is 2.13. The van der Waals surface area contributed by atoms with Crippen molar-refractivity contribution in [2.45, 2.75) is 50.2 Å². The van der Waals surface area contributed by atoms with Gasteiger partial charge in [-0.1, -0.05) is 18.9 Å². The first kappa shape index (κ1) is 22.8. The van der Waals surface area contributed by atoms with E-state index >= 15 is 0 Å². The fourth-order valence-electron chi connectivity index (χ4n) is 2.01. The first-order chi connectivity index (χ1) is 11.6. The van der Waals surface area contributed by atoms with Gasteiger partial charge in [0.15, 0.2) is 9.84 Å². The lowest BCUT2D eigenvalue weighted by molar-refractivity contribution is -0.138. The van der Waals surface area contributed by atoms with Gasteiger partial charge in [0.25, 0.3) is 0 Å². The summed E-state index contributed by atoms with van der Waals surface area (Å²) < 4.78 is 22.6. The summed E-state index contributed by atoms with van der Waals surface area (Å²) in [6.45, 7) is 3.27. The lowest BCUT2D eigenvalue weighted by Gasteiger charge is -2.04. The highest BCUT2D eigenvalue weighted by molar-refractivity contribution is 7.93. The second-order valence-corrected chi connectivity index (χ2v) is 7.65. The Morgan fingerprint density at radius 1 is 1.08 bits per heavy atom. The van der Waals surface area contributed by atoms with Crippen molar-refractivity contribution in [3.63, 3.8) is 0 Å². The Morgan fingerprint density at radius 3 is 1.88 bits per heavy atom. The molecule has 2 amide bonds. The Labute approximate surface area is 146 Å². The molecule has 1 fully saturated rings. The minimum Gasteiger partial charge on any atom is -0.481 e. The summed E-state index contributed by atoms with van der Waals surface area (Å²) in [5, 5.41) is 17.2. The summed E-state index contributed by atoms with van der Waals surface area (Å²) in [4.78, 5) is 41.7. The molecule has 10 heteroatoms. The topological polar surface area (TPSA) is 155 Å². The van der Waals surface area contributed by atoms with Crippen LogP contribution in [0.25, 0.3) is 0 Å². The van der Waals surface area contributed by atoms with E-state index in [-0.39, 0.29) is 25.0 Å². The van der Waals surface area contributed by atoms with Crippen LogP contribution in [0.15, 0.2) is 12.7 Å². The van der Waals surface area contributed by atoms with Gasteiger partial charge in [0.1, 0.15) is 5.25 Å². The number of hydrogen-bond donors (Lipinski definition) is 3. The average Bonchev–Trinajstić information content (AvgIpc) is 2.82. The second-order valence-electron chi connectivity index (χ2n) is 5.43. The predicted molar refractivity (Wildman–Crippen MR) is 88.5 cm³/mol. The zero-order chi connectivity index (χ0) is 19.5. The Hall–Kier alpha value is -2.23. The van der Waals surface area contributed by atoms with Gasteiger partial charge in [0.05, 0.1) is 12.2 Å². The Bertz CT molecular complexity index is 593. The molecule has 1 saturated heterocycles. The number of hydrogen-bond acceptors (Lipinski definition) is 6. The fraction of sp³-hybridized carbons (Fsp3) is 0.600. The van der Waals surface area contributed by atoms with Crippen LogP contribution in [0.4, 0.5) is 0 Å². The van der Waals surface area contributed by atoms with Crippen molar-refractivity contribution in [1.82, 2.24) is 5.32 Å². The van der Waals surface area contributed by atoms with Crippen LogP contribution in [0.1, 0.15) is 44.9 Å². The normalized spacial score (nSPS) is 16.6. The van der Waals surface area contributed by atoms with Crippen molar-refractivity contribution in [1.29, 1.82) is 0 Å². The van der Waals surface area contributed by atoms with Crippen LogP contribution in [0, 0.1) is 0 Å². The molecule has 25 heavy (non-hydrogen) atoms. The van der Waals surface area contributed by atoms with Crippen LogP contribution in [0.2, 0.25) is 0 Å². The lowest BCUT2D eigenvalue weighted by atomic mass is 10.1. The van der Waals surface area contributed by atoms with Gasteiger partial charge < -0.3 is 10.2 Å². The monoisotopic (exact) mass is 377 g/mol. The highest BCUT2D eigenvalue weighted by atomic mass is 32.2. The van der Waals surface area contributed by atoms with Crippen LogP contribution in [0.3, 0.4) is 0 Å². The van der Waals surface area contributed by atoms with E-state index in [0.717, 1.165) is 12.8 Å². The largest absolute Gasteiger partial charge is 0.481 e. The molecule has 1 heterocycles. The van der Waals surface area contributed by atoms with Crippen molar-refractivity contribution in [2.75, 3.05) is 5.75 Å². The number of amides is 2. The van der Waals surface area contributed by atoms with Crippen molar-refractivity contribution in [3.8, 4) is 0 Å². The number of carbonyl (C=O) groups is 4. The first-order valence-electron chi connectivity index (χ1n) is 7.70. The summed E-state index contributed by atoms with van der Waals surface area (Å²) in [6, 6.07) is 0. The van der Waals surface area contributed by atoms with Gasteiger partial charge in [0, 0.05) is 12.8 Å². The quantitative estimate of drug-likeness (QED) is 0.282. The van der Waals surface area contributed by atoms with Gasteiger partial charge in [-0.3, -0.25) is 24.5 Å². The maximum Gasteiger partial charge on any atom is 0.303 e. The van der Waals surface area contributed by atoms with Crippen LogP contribution in [0.5, 0.6) is 0 Å². The van der Waals surface area contributed by atoms with Crippen LogP contribution < -0.4 is 5.32 Å². The van der Waals surface area contributed by atoms with Crippen molar-refractivity contribution >= 4 is 33.6 Å². The fourth-order valence-corrected chi connectivity index (χ4v) is 3.36. The molecule has 0 spiro atoms. The number of aliphatic carboxylic acids is 2. The standard InChI is InChI=1S/C8H14O4.C7H9NO4S/c9-7(10)5-3-1-2-4-6-8(11)12;1-2-3-13(11,12)5-4-6(9)8-7(5)10/h1-6H2,(H,9,10)(H,11,12);2,5H,1,3-4H2,(H,8,9,10). The third-order valence-electron chi connectivity index (χ3n) is 3.24. The van der Waals surface area contributed by atoms with E-state index in [1.54, 1.807) is 0 Å². The van der Waals surface area contributed by atoms with Crippen LogP contribution in [-0.4, -0.2) is 53.4 Å². The van der Waals surface area contributed by atoms with Crippen molar-refractivity contribution < 1.29 is 37.8 Å². The molecule has 1 aliphatic rings. The van der Waals surface area contributed by atoms with Gasteiger partial charge in [-0.25, -0.2) is 8.42 Å². The summed E-state index contributed by atoms with van der Waals surface area (Å²) in [7, 11) is -3.54. The molecule has 1 rings (SSSR count). The summed E-state index contributed by atoms with van der Waals surface area (Å²) in [5.74, 6) is -3.12. The Kier molecular flexibility index (Phi) is 10.3. The van der Waals surface area contributed by atoms with E-state index in [0.29, 0.717) is 12.8 Å². The number of imide groups is 1. The van der Waals surface area contributed by atoms with Gasteiger partial charge in [0.2, 0.25) is 11.8 Å². The molecule has 9 nitrogen and oxygen atoms in total. The van der Waals surface area contributed by atoms with E-state index in [2.05, 4.69) is 6.58 Å². The second kappa shape index (κ2) is 11.3. The zero-order valence-corrected chi connectivity index (χ0v) is 14.6. The summed E-state index contributed by atoms with van der Waals surface area (Å²) in [6.07, 6.45) is 4.21. The predicted octanol–water partition coefficient (Wildman–Crippen LogP) is 0.499. The van der Waals surface area contributed by atoms with Crippen LogP contribution in [-0.2, 0) is 29.0 Å². The molecule has 142 valence electrons. The molecule has 0 bridgehead atoms. The molecule has 0 aromatic heterocycles. The van der Waals surface area contributed by atoms with Gasteiger partial charge in [-0.15, -0.1) is 6.58 Å². The number of carbonyl (C=O) groups excluding carboxylic acids is 2. The Morgan fingerprint density at radius 2 is 1.56 bits per heavy atom. The molecular formula is C15H23NO8S. The number of carboxylic acid groups (broad SMARTS) is 2. The molecule has 1 unspecified atom stereocenters. The molecule has 0 saturated carbocycles. The van der Waals surface area contributed by atoms with Crippen molar-refractivity contribution in [2.24, 2.45) is 0 Å². The number of nitrogens with one attached hydrogen (secondary N) is 1. The maximum absolute atomic E-state index is 11.3. The number of carboxylic acids is 2.